The lowest BCUT2D eigenvalue weighted by atomic mass is 9.92. The van der Waals surface area contributed by atoms with E-state index in [1.165, 1.54) is 24.0 Å². The van der Waals surface area contributed by atoms with E-state index in [1.807, 2.05) is 29.2 Å². The number of aryl methyl sites for hydroxylation is 1. The zero-order chi connectivity index (χ0) is 65.7. The highest BCUT2D eigenvalue weighted by Gasteiger charge is 2.47. The molecule has 3 aliphatic rings. The van der Waals surface area contributed by atoms with Gasteiger partial charge in [0.1, 0.15) is 17.8 Å². The summed E-state index contributed by atoms with van der Waals surface area (Å²) >= 11 is 3.64. The molecule has 3 aliphatic heterocycles. The number of alkyl halides is 2. The van der Waals surface area contributed by atoms with E-state index < -0.39 is 79.1 Å². The summed E-state index contributed by atoms with van der Waals surface area (Å²) in [5, 5.41) is 49.8. The number of nitrogens with one attached hydrogen (secondary N) is 4. The Bertz CT molecular complexity index is 2950. The smallest absolute Gasteiger partial charge is 0.317 e. The van der Waals surface area contributed by atoms with Crippen LogP contribution in [-0.4, -0.2) is 257 Å². The molecule has 3 fully saturated rings. The molecule has 4 heterocycles. The number of aliphatic carboxylic acids is 3. The topological polar surface area (TPSA) is 328 Å². The Morgan fingerprint density at radius 2 is 1.34 bits per heavy atom. The van der Waals surface area contributed by atoms with Gasteiger partial charge in [-0.05, 0) is 122 Å². The molecule has 0 radical (unpaired) electrons. The van der Waals surface area contributed by atoms with Gasteiger partial charge in [0.25, 0.3) is 11.8 Å². The minimum absolute atomic E-state index is 0.0713. The number of ether oxygens (including phenoxy) is 1. The summed E-state index contributed by atoms with van der Waals surface area (Å²) in [6.45, 7) is 1.52. The van der Waals surface area contributed by atoms with Gasteiger partial charge in [0.2, 0.25) is 29.5 Å². The van der Waals surface area contributed by atoms with E-state index in [1.54, 1.807) is 43.9 Å². The standard InChI is InChI=1S/C62H85F2IN12O13S/c63-62(64)35-47(36-66)77(43-62)56(81)37-70-60(88)49-16-20-67-51-15-14-48(34-50(49)51)90-32-5-7-45-17-22-76(23-18-45)55(80)9-2-1-3-19-69-61(89)52(42-91-33-21-68-53(78)8-4-6-44-10-12-46(65)13-11-44)71-54(79)38-72-24-26-73(39-57(82)83)28-30-75(41-59(86)87)31-29-74(27-25-72)40-58(84)85/h10-16,20,34,45,47,52H,1-9,17-19,21-33,35,37-43H2,(H,68,78)(H,69,89)(H,70,88)(H,71,79)(H,82,83)(H,84,85)(H,86,87)/t47-,52+/m1/s1. The summed E-state index contributed by atoms with van der Waals surface area (Å²) in [6, 6.07) is 14.3. The SMILES string of the molecule is N#C[C@H]1CC(F)(F)CN1C(=O)CNC(=O)c1ccnc2ccc(OCCCC3CCN(C(=O)CCCCCNC(=O)[C@H](CSCCNC(=O)CCCc4ccc(I)cc4)NC(=O)CN4CCN(CC(=O)O)CCN(CC(=O)O)CCN(CC(=O)O)CC4)CC3)cc12. The normalized spacial score (nSPS) is 17.6. The number of carboxylic acid groups (broad SMARTS) is 3. The van der Waals surface area contributed by atoms with Gasteiger partial charge in [-0.3, -0.25) is 67.7 Å². The van der Waals surface area contributed by atoms with Crippen LogP contribution in [0.4, 0.5) is 8.78 Å². The van der Waals surface area contributed by atoms with Gasteiger partial charge in [0.15, 0.2) is 0 Å². The number of likely N-dealkylation sites (tertiary alicyclic amines) is 2. The molecule has 91 heavy (non-hydrogen) atoms. The Balaban J connectivity index is 0.920. The van der Waals surface area contributed by atoms with Gasteiger partial charge < -0.3 is 51.1 Å². The van der Waals surface area contributed by atoms with Crippen LogP contribution in [0.5, 0.6) is 5.75 Å². The molecular formula is C62H85F2IN12O13S. The quantitative estimate of drug-likeness (QED) is 0.0340. The molecule has 3 saturated heterocycles. The first-order valence-corrected chi connectivity index (χ1v) is 33.2. The van der Waals surface area contributed by atoms with Crippen LogP contribution >= 0.6 is 34.4 Å². The minimum atomic E-state index is -3.18. The van der Waals surface area contributed by atoms with Crippen molar-refractivity contribution >= 4 is 98.6 Å². The number of carboxylic acids is 3. The molecule has 1 aromatic heterocycles. The first-order chi connectivity index (χ1) is 43.6. The van der Waals surface area contributed by atoms with Gasteiger partial charge in [-0.15, -0.1) is 0 Å². The Hall–Kier alpha value is -6.85. The number of nitrogens with zero attached hydrogens (tertiary/aromatic N) is 8. The maximum atomic E-state index is 13.9. The van der Waals surface area contributed by atoms with Crippen molar-refractivity contribution < 1.29 is 72.0 Å². The third-order valence-corrected chi connectivity index (χ3v) is 17.9. The number of halogens is 3. The van der Waals surface area contributed by atoms with Crippen LogP contribution in [0.3, 0.4) is 0 Å². The number of carbonyl (C=O) groups is 9. The highest BCUT2D eigenvalue weighted by molar-refractivity contribution is 14.1. The van der Waals surface area contributed by atoms with Crippen molar-refractivity contribution in [2.24, 2.45) is 5.92 Å². The molecule has 7 N–H and O–H groups in total. The number of hydrogen-bond acceptors (Lipinski definition) is 17. The highest BCUT2D eigenvalue weighted by atomic mass is 127. The number of benzene rings is 2. The fourth-order valence-corrected chi connectivity index (χ4v) is 12.4. The Labute approximate surface area is 546 Å². The molecule has 0 unspecified atom stereocenters. The van der Waals surface area contributed by atoms with Crippen LogP contribution in [0.1, 0.15) is 86.6 Å². The maximum Gasteiger partial charge on any atom is 0.317 e. The highest BCUT2D eigenvalue weighted by Crippen LogP contribution is 2.32. The summed E-state index contributed by atoms with van der Waals surface area (Å²) in [6.07, 6.45) is 8.09. The van der Waals surface area contributed by atoms with E-state index in [2.05, 4.69) is 48.8 Å². The molecule has 0 aliphatic carbocycles. The Morgan fingerprint density at radius 3 is 1.96 bits per heavy atom. The van der Waals surface area contributed by atoms with Crippen molar-refractivity contribution in [1.29, 1.82) is 5.26 Å². The monoisotopic (exact) mass is 1400 g/mol. The van der Waals surface area contributed by atoms with Gasteiger partial charge in [0, 0.05) is 124 Å². The summed E-state index contributed by atoms with van der Waals surface area (Å²) in [4.78, 5) is 129. The van der Waals surface area contributed by atoms with E-state index in [-0.39, 0.29) is 102 Å². The fraction of sp³-hybridized carbons (Fsp3) is 0.597. The van der Waals surface area contributed by atoms with Crippen LogP contribution in [0.15, 0.2) is 54.7 Å². The van der Waals surface area contributed by atoms with Crippen LogP contribution < -0.4 is 26.0 Å². The van der Waals surface area contributed by atoms with Gasteiger partial charge in [0.05, 0.1) is 63.0 Å². The van der Waals surface area contributed by atoms with Crippen molar-refractivity contribution in [3.8, 4) is 11.8 Å². The van der Waals surface area contributed by atoms with Crippen molar-refractivity contribution in [3.63, 3.8) is 0 Å². The van der Waals surface area contributed by atoms with E-state index in [0.717, 1.165) is 46.1 Å². The predicted molar refractivity (Wildman–Crippen MR) is 343 cm³/mol. The number of hydrogen-bond donors (Lipinski definition) is 7. The molecule has 498 valence electrons. The molecule has 6 amide bonds. The second-order valence-corrected chi connectivity index (χ2v) is 25.6. The number of unbranched alkanes of at least 4 members (excludes halogenated alkanes) is 2. The van der Waals surface area contributed by atoms with E-state index in [9.17, 15) is 72.5 Å². The lowest BCUT2D eigenvalue weighted by Gasteiger charge is -2.33. The van der Waals surface area contributed by atoms with Crippen molar-refractivity contribution in [2.45, 2.75) is 95.1 Å². The molecular weight excluding hydrogens is 1320 g/mol. The third kappa shape index (κ3) is 26.7. The number of fused-ring (bicyclic) bond motifs is 1. The number of thioether (sulfide) groups is 1. The van der Waals surface area contributed by atoms with Crippen LogP contribution in [0, 0.1) is 20.8 Å². The first-order valence-electron chi connectivity index (χ1n) is 31.0. The van der Waals surface area contributed by atoms with Crippen LogP contribution in [0.2, 0.25) is 0 Å². The number of carbonyl (C=O) groups excluding carboxylic acids is 6. The molecule has 29 heteroatoms. The van der Waals surface area contributed by atoms with E-state index in [4.69, 9.17) is 4.74 Å². The molecule has 0 spiro atoms. The number of piperidine rings is 1. The predicted octanol–water partition coefficient (Wildman–Crippen LogP) is 3.24. The number of amides is 6. The summed E-state index contributed by atoms with van der Waals surface area (Å²) in [7, 11) is 0. The maximum absolute atomic E-state index is 13.9. The summed E-state index contributed by atoms with van der Waals surface area (Å²) in [5.41, 5.74) is 1.88. The second-order valence-electron chi connectivity index (χ2n) is 23.2. The molecule has 0 bridgehead atoms. The first kappa shape index (κ1) is 73.2. The Kier molecular flexibility index (Phi) is 30.8. The fourth-order valence-electron chi connectivity index (χ4n) is 11.1. The lowest BCUT2D eigenvalue weighted by molar-refractivity contribution is -0.140. The lowest BCUT2D eigenvalue weighted by Crippen LogP contribution is -2.53. The molecule has 2 aromatic carbocycles. The van der Waals surface area contributed by atoms with E-state index >= 15 is 0 Å². The van der Waals surface area contributed by atoms with Gasteiger partial charge >= 0.3 is 17.9 Å². The third-order valence-electron chi connectivity index (χ3n) is 16.1. The number of aromatic nitrogens is 1. The minimum Gasteiger partial charge on any atom is -0.494 e. The zero-order valence-electron chi connectivity index (χ0n) is 51.3. The number of pyridine rings is 1. The van der Waals surface area contributed by atoms with Crippen molar-refractivity contribution in [3.05, 3.63) is 69.4 Å². The van der Waals surface area contributed by atoms with Crippen LogP contribution in [-0.2, 0) is 44.8 Å². The Morgan fingerprint density at radius 1 is 0.714 bits per heavy atom. The van der Waals surface area contributed by atoms with Crippen molar-refractivity contribution in [1.82, 2.24) is 55.7 Å². The number of nitriles is 1. The largest absolute Gasteiger partial charge is 0.494 e. The van der Waals surface area contributed by atoms with Gasteiger partial charge in [-0.2, -0.15) is 17.0 Å². The average Bonchev–Trinajstić information content (AvgIpc) is 1.84. The molecule has 2 atom stereocenters. The van der Waals surface area contributed by atoms with Crippen molar-refractivity contribution in [2.75, 3.05) is 136 Å². The van der Waals surface area contributed by atoms with E-state index in [0.29, 0.717) is 99.6 Å². The summed E-state index contributed by atoms with van der Waals surface area (Å²) in [5.74, 6) is -7.10. The van der Waals surface area contributed by atoms with Gasteiger partial charge in [-0.25, -0.2) is 8.78 Å². The average molecular weight is 1400 g/mol. The number of rotatable bonds is 33. The van der Waals surface area contributed by atoms with Gasteiger partial charge in [-0.1, -0.05) is 18.6 Å². The molecule has 0 saturated carbocycles. The zero-order valence-corrected chi connectivity index (χ0v) is 54.3. The molecule has 6 rings (SSSR count). The molecule has 25 nitrogen and oxygen atoms in total. The second kappa shape index (κ2) is 38.2. The van der Waals surface area contributed by atoms with Crippen LogP contribution in [0.25, 0.3) is 10.9 Å². The molecule has 3 aromatic rings. The summed E-state index contributed by atoms with van der Waals surface area (Å²) < 4.78 is 35.0.